The molecule has 2 N–H and O–H groups in total. The number of piperazine rings is 1. The fourth-order valence-corrected chi connectivity index (χ4v) is 4.72. The molecule has 1 heterocycles. The molecule has 2 fully saturated rings. The zero-order chi connectivity index (χ0) is 16.8. The van der Waals surface area contributed by atoms with Gasteiger partial charge in [0.25, 0.3) is 0 Å². The maximum absolute atomic E-state index is 12.8. The maximum atomic E-state index is 12.8. The predicted octanol–water partition coefficient (Wildman–Crippen LogP) is 0.948. The van der Waals surface area contributed by atoms with Crippen LogP contribution in [0.15, 0.2) is 23.1 Å². The van der Waals surface area contributed by atoms with E-state index >= 15 is 0 Å². The van der Waals surface area contributed by atoms with Crippen molar-refractivity contribution in [2.24, 2.45) is 0 Å². The van der Waals surface area contributed by atoms with Crippen molar-refractivity contribution in [2.45, 2.75) is 36.7 Å². The molecule has 8 heteroatoms. The zero-order valence-corrected chi connectivity index (χ0v) is 13.7. The molecule has 126 valence electrons. The molecule has 0 aromatic heterocycles. The summed E-state index contributed by atoms with van der Waals surface area (Å²) in [4.78, 5) is 13.3. The average Bonchev–Trinajstić information content (AvgIpc) is 3.31. The lowest BCUT2D eigenvalue weighted by Crippen LogP contribution is -2.54. The molecule has 7 nitrogen and oxygen atoms in total. The summed E-state index contributed by atoms with van der Waals surface area (Å²) in [5, 5.41) is 18.6. The van der Waals surface area contributed by atoms with E-state index in [9.17, 15) is 18.3 Å². The average molecular weight is 340 g/mol. The van der Waals surface area contributed by atoms with Gasteiger partial charge in [0.1, 0.15) is 11.3 Å². The molecule has 0 spiro atoms. The lowest BCUT2D eigenvalue weighted by Gasteiger charge is -2.39. The molecule has 1 saturated carbocycles. The molecule has 0 amide bonds. The highest BCUT2D eigenvalue weighted by atomic mass is 32.2. The molecule has 0 radical (unpaired) electrons. The Labute approximate surface area is 135 Å². The molecule has 23 heavy (non-hydrogen) atoms. The van der Waals surface area contributed by atoms with E-state index in [0.717, 1.165) is 12.1 Å². The van der Waals surface area contributed by atoms with Crippen molar-refractivity contribution in [1.82, 2.24) is 9.21 Å². The number of aromatic carboxylic acids is 1. The molecule has 0 bridgehead atoms. The van der Waals surface area contributed by atoms with E-state index in [2.05, 4.69) is 4.90 Å². The molecular formula is C15H20N2O5S. The van der Waals surface area contributed by atoms with Gasteiger partial charge in [-0.25, -0.2) is 13.2 Å². The van der Waals surface area contributed by atoms with Crippen molar-refractivity contribution < 1.29 is 23.4 Å². The van der Waals surface area contributed by atoms with Crippen LogP contribution in [-0.2, 0) is 10.0 Å². The monoisotopic (exact) mass is 340 g/mol. The second-order valence-electron chi connectivity index (χ2n) is 6.17. The predicted molar refractivity (Wildman–Crippen MR) is 83.0 cm³/mol. The number of hydrogen-bond acceptors (Lipinski definition) is 5. The van der Waals surface area contributed by atoms with Gasteiger partial charge in [0.15, 0.2) is 0 Å². The smallest absolute Gasteiger partial charge is 0.339 e. The highest BCUT2D eigenvalue weighted by Crippen LogP contribution is 2.31. The van der Waals surface area contributed by atoms with Crippen molar-refractivity contribution in [1.29, 1.82) is 0 Å². The van der Waals surface area contributed by atoms with Crippen LogP contribution in [0.4, 0.5) is 0 Å². The molecule has 1 aliphatic heterocycles. The van der Waals surface area contributed by atoms with Gasteiger partial charge in [0.2, 0.25) is 10.0 Å². The van der Waals surface area contributed by atoms with Crippen LogP contribution >= 0.6 is 0 Å². The lowest BCUT2D eigenvalue weighted by molar-refractivity contribution is 0.0693. The summed E-state index contributed by atoms with van der Waals surface area (Å²) >= 11 is 0. The van der Waals surface area contributed by atoms with Crippen LogP contribution in [0.5, 0.6) is 5.75 Å². The Morgan fingerprint density at radius 2 is 1.96 bits per heavy atom. The quantitative estimate of drug-likeness (QED) is 0.847. The second-order valence-corrected chi connectivity index (χ2v) is 8.07. The second kappa shape index (κ2) is 5.77. The molecule has 1 saturated heterocycles. The van der Waals surface area contributed by atoms with Crippen molar-refractivity contribution in [3.8, 4) is 5.75 Å². The maximum Gasteiger partial charge on any atom is 0.339 e. The van der Waals surface area contributed by atoms with E-state index in [-0.39, 0.29) is 10.9 Å². The first-order valence-electron chi connectivity index (χ1n) is 7.63. The number of hydrogen-bond donors (Lipinski definition) is 2. The van der Waals surface area contributed by atoms with E-state index < -0.39 is 27.3 Å². The largest absolute Gasteiger partial charge is 0.507 e. The molecule has 1 aromatic rings. The van der Waals surface area contributed by atoms with Crippen LogP contribution < -0.4 is 0 Å². The van der Waals surface area contributed by atoms with E-state index in [1.54, 1.807) is 0 Å². The minimum absolute atomic E-state index is 0.0978. The fraction of sp³-hybridized carbons (Fsp3) is 0.533. The molecule has 1 aliphatic carbocycles. The van der Waals surface area contributed by atoms with Gasteiger partial charge in [0, 0.05) is 31.7 Å². The van der Waals surface area contributed by atoms with Gasteiger partial charge in [-0.05, 0) is 38.0 Å². The van der Waals surface area contributed by atoms with Gasteiger partial charge < -0.3 is 10.2 Å². The van der Waals surface area contributed by atoms with Crippen molar-refractivity contribution in [2.75, 3.05) is 19.6 Å². The van der Waals surface area contributed by atoms with Crippen LogP contribution in [0.2, 0.25) is 0 Å². The van der Waals surface area contributed by atoms with Crippen LogP contribution in [0, 0.1) is 0 Å². The van der Waals surface area contributed by atoms with E-state index in [1.807, 2.05) is 6.92 Å². The molecule has 2 aliphatic rings. The third-order valence-corrected chi connectivity index (χ3v) is 6.48. The summed E-state index contributed by atoms with van der Waals surface area (Å²) in [6, 6.07) is 3.80. The number of benzene rings is 1. The third kappa shape index (κ3) is 3.06. The van der Waals surface area contributed by atoms with Gasteiger partial charge in [-0.15, -0.1) is 0 Å². The minimum atomic E-state index is -3.78. The minimum Gasteiger partial charge on any atom is -0.507 e. The first kappa shape index (κ1) is 16.2. The molecule has 1 atom stereocenters. The Bertz CT molecular complexity index is 729. The number of carboxylic acids is 1. The van der Waals surface area contributed by atoms with Crippen molar-refractivity contribution in [3.63, 3.8) is 0 Å². The van der Waals surface area contributed by atoms with Gasteiger partial charge in [-0.3, -0.25) is 4.90 Å². The van der Waals surface area contributed by atoms with Crippen molar-refractivity contribution in [3.05, 3.63) is 23.8 Å². The van der Waals surface area contributed by atoms with Crippen LogP contribution in [0.1, 0.15) is 30.1 Å². The van der Waals surface area contributed by atoms with Crippen LogP contribution in [0.3, 0.4) is 0 Å². The number of aromatic hydroxyl groups is 1. The van der Waals surface area contributed by atoms with Crippen molar-refractivity contribution >= 4 is 16.0 Å². The van der Waals surface area contributed by atoms with Gasteiger partial charge in [-0.1, -0.05) is 0 Å². The Kier molecular flexibility index (Phi) is 4.07. The van der Waals surface area contributed by atoms with Gasteiger partial charge in [0.05, 0.1) is 4.90 Å². The standard InChI is InChI=1S/C15H20N2O5S/c1-10-9-16(11-2-3-11)6-7-17(10)23(21,22)12-4-5-14(18)13(8-12)15(19)20/h4-5,8,10-11,18H,2-3,6-7,9H2,1H3,(H,19,20). The number of carboxylic acid groups (broad SMARTS) is 1. The number of phenols is 1. The summed E-state index contributed by atoms with van der Waals surface area (Å²) < 4.78 is 27.0. The SMILES string of the molecule is CC1CN(C2CC2)CCN1S(=O)(=O)c1ccc(O)c(C(=O)O)c1. The lowest BCUT2D eigenvalue weighted by atomic mass is 10.2. The van der Waals surface area contributed by atoms with Crippen LogP contribution in [0.25, 0.3) is 0 Å². The van der Waals surface area contributed by atoms with E-state index in [0.29, 0.717) is 25.7 Å². The Hall–Kier alpha value is -1.64. The summed E-state index contributed by atoms with van der Waals surface area (Å²) in [6.07, 6.45) is 2.36. The first-order chi connectivity index (χ1) is 10.8. The fourth-order valence-electron chi connectivity index (χ4n) is 3.08. The highest BCUT2D eigenvalue weighted by Gasteiger charge is 2.38. The van der Waals surface area contributed by atoms with E-state index in [4.69, 9.17) is 5.11 Å². The number of carbonyl (C=O) groups is 1. The number of nitrogens with zero attached hydrogens (tertiary/aromatic N) is 2. The molecule has 3 rings (SSSR count). The summed E-state index contributed by atoms with van der Waals surface area (Å²) in [5.74, 6) is -1.80. The Morgan fingerprint density at radius 1 is 1.26 bits per heavy atom. The van der Waals surface area contributed by atoms with Gasteiger partial charge in [-0.2, -0.15) is 4.31 Å². The normalized spacial score (nSPS) is 23.8. The third-order valence-electron chi connectivity index (χ3n) is 4.47. The zero-order valence-electron chi connectivity index (χ0n) is 12.8. The number of sulfonamides is 1. The summed E-state index contributed by atoms with van der Waals surface area (Å²) in [5.41, 5.74) is -0.407. The van der Waals surface area contributed by atoms with Crippen LogP contribution in [-0.4, -0.2) is 65.5 Å². The molecular weight excluding hydrogens is 320 g/mol. The highest BCUT2D eigenvalue weighted by molar-refractivity contribution is 7.89. The van der Waals surface area contributed by atoms with E-state index in [1.165, 1.54) is 23.2 Å². The summed E-state index contributed by atoms with van der Waals surface area (Å²) in [7, 11) is -3.78. The summed E-state index contributed by atoms with van der Waals surface area (Å²) in [6.45, 7) is 3.64. The Morgan fingerprint density at radius 3 is 2.52 bits per heavy atom. The number of rotatable bonds is 4. The topological polar surface area (TPSA) is 98.2 Å². The molecule has 1 aromatic carbocycles. The first-order valence-corrected chi connectivity index (χ1v) is 9.07. The Balaban J connectivity index is 1.86. The van der Waals surface area contributed by atoms with Gasteiger partial charge >= 0.3 is 5.97 Å². The molecule has 1 unspecified atom stereocenters.